The van der Waals surface area contributed by atoms with Gasteiger partial charge in [0.2, 0.25) is 0 Å². The van der Waals surface area contributed by atoms with E-state index in [1.54, 1.807) is 6.20 Å². The highest BCUT2D eigenvalue weighted by Crippen LogP contribution is 2.06. The molecule has 0 saturated heterocycles. The van der Waals surface area contributed by atoms with Gasteiger partial charge in [-0.2, -0.15) is 0 Å². The highest BCUT2D eigenvalue weighted by atomic mass is 15.2. The normalized spacial score (nSPS) is 13.1. The molecule has 1 aromatic heterocycles. The van der Waals surface area contributed by atoms with Crippen LogP contribution in [0.2, 0.25) is 0 Å². The summed E-state index contributed by atoms with van der Waals surface area (Å²) in [5, 5.41) is 7.24. The summed E-state index contributed by atoms with van der Waals surface area (Å²) in [4.78, 5) is 6.40. The zero-order valence-electron chi connectivity index (χ0n) is 9.57. The summed E-state index contributed by atoms with van der Waals surface area (Å²) in [5.41, 5.74) is 5.37. The van der Waals surface area contributed by atoms with E-state index in [0.717, 1.165) is 12.4 Å². The van der Waals surface area contributed by atoms with E-state index in [4.69, 9.17) is 11.1 Å². The van der Waals surface area contributed by atoms with Crippen molar-refractivity contribution in [1.82, 2.24) is 14.5 Å². The number of hydrogen-bond donors (Lipinski definition) is 2. The highest BCUT2D eigenvalue weighted by molar-refractivity contribution is 5.77. The lowest BCUT2D eigenvalue weighted by Gasteiger charge is -2.23. The first-order valence-electron chi connectivity index (χ1n) is 5.00. The molecule has 0 bridgehead atoms. The molecular weight excluding hydrogens is 190 g/mol. The smallest absolute Gasteiger partial charge is 0.122 e. The quantitative estimate of drug-likeness (QED) is 0.550. The average Bonchev–Trinajstić information content (AvgIpc) is 2.50. The van der Waals surface area contributed by atoms with Crippen LogP contribution in [0.15, 0.2) is 12.4 Å². The molecule has 0 aromatic carbocycles. The standard InChI is InChI=1S/C10H19N5/c1-8(6-9(11)12)15(3)7-10-13-4-5-14(10)2/h4-5,8H,6-7H2,1-3H3,(H3,11,12). The Hall–Kier alpha value is -1.36. The minimum absolute atomic E-state index is 0.231. The van der Waals surface area contributed by atoms with Gasteiger partial charge in [-0.05, 0) is 14.0 Å². The monoisotopic (exact) mass is 209 g/mol. The van der Waals surface area contributed by atoms with Crippen LogP contribution in [0.4, 0.5) is 0 Å². The van der Waals surface area contributed by atoms with Crippen LogP contribution in [0.1, 0.15) is 19.2 Å². The molecule has 5 heteroatoms. The molecule has 0 aliphatic carbocycles. The average molecular weight is 209 g/mol. The topological polar surface area (TPSA) is 70.9 Å². The van der Waals surface area contributed by atoms with Gasteiger partial charge < -0.3 is 10.3 Å². The molecule has 0 aliphatic heterocycles. The first-order chi connectivity index (χ1) is 7.00. The summed E-state index contributed by atoms with van der Waals surface area (Å²) in [5.74, 6) is 1.25. The van der Waals surface area contributed by atoms with Crippen LogP contribution in [0, 0.1) is 5.41 Å². The fourth-order valence-corrected chi connectivity index (χ4v) is 1.40. The van der Waals surface area contributed by atoms with Crippen LogP contribution in [0.25, 0.3) is 0 Å². The minimum Gasteiger partial charge on any atom is -0.388 e. The third kappa shape index (κ3) is 3.36. The second kappa shape index (κ2) is 4.93. The highest BCUT2D eigenvalue weighted by Gasteiger charge is 2.12. The number of rotatable bonds is 5. The molecule has 1 unspecified atom stereocenters. The molecule has 0 fully saturated rings. The van der Waals surface area contributed by atoms with Gasteiger partial charge in [-0.15, -0.1) is 0 Å². The van der Waals surface area contributed by atoms with E-state index in [0.29, 0.717) is 6.42 Å². The Morgan fingerprint density at radius 2 is 2.40 bits per heavy atom. The molecule has 1 atom stereocenters. The lowest BCUT2D eigenvalue weighted by Crippen LogP contribution is -2.33. The van der Waals surface area contributed by atoms with Crippen LogP contribution < -0.4 is 5.73 Å². The maximum atomic E-state index is 7.24. The van der Waals surface area contributed by atoms with Crippen molar-refractivity contribution >= 4 is 5.84 Å². The van der Waals surface area contributed by atoms with E-state index in [1.165, 1.54) is 0 Å². The third-order valence-electron chi connectivity index (χ3n) is 2.58. The van der Waals surface area contributed by atoms with Gasteiger partial charge in [-0.1, -0.05) is 0 Å². The van der Waals surface area contributed by atoms with Crippen molar-refractivity contribution < 1.29 is 0 Å². The molecule has 15 heavy (non-hydrogen) atoms. The lowest BCUT2D eigenvalue weighted by molar-refractivity contribution is 0.246. The van der Waals surface area contributed by atoms with Gasteiger partial charge in [0.15, 0.2) is 0 Å². The number of aryl methyl sites for hydroxylation is 1. The first-order valence-corrected chi connectivity index (χ1v) is 5.00. The zero-order chi connectivity index (χ0) is 11.4. The fraction of sp³-hybridized carbons (Fsp3) is 0.600. The van der Waals surface area contributed by atoms with Gasteiger partial charge >= 0.3 is 0 Å². The van der Waals surface area contributed by atoms with E-state index in [2.05, 4.69) is 16.8 Å². The van der Waals surface area contributed by atoms with Crippen LogP contribution in [0.3, 0.4) is 0 Å². The summed E-state index contributed by atoms with van der Waals surface area (Å²) in [7, 11) is 3.99. The Labute approximate surface area is 90.4 Å². The molecule has 3 N–H and O–H groups in total. The maximum Gasteiger partial charge on any atom is 0.122 e. The van der Waals surface area contributed by atoms with Gasteiger partial charge in [0.1, 0.15) is 5.82 Å². The molecule has 1 aromatic rings. The number of hydrogen-bond acceptors (Lipinski definition) is 3. The lowest BCUT2D eigenvalue weighted by atomic mass is 10.2. The van der Waals surface area contributed by atoms with Gasteiger partial charge in [0, 0.05) is 31.9 Å². The van der Waals surface area contributed by atoms with E-state index in [9.17, 15) is 0 Å². The SMILES string of the molecule is CC(CC(=N)N)N(C)Cc1nccn1C. The zero-order valence-corrected chi connectivity index (χ0v) is 9.57. The third-order valence-corrected chi connectivity index (χ3v) is 2.58. The van der Waals surface area contributed by atoms with Crippen molar-refractivity contribution in [3.05, 3.63) is 18.2 Å². The van der Waals surface area contributed by atoms with Gasteiger partial charge in [-0.3, -0.25) is 10.3 Å². The van der Waals surface area contributed by atoms with Crippen LogP contribution in [-0.4, -0.2) is 33.4 Å². The van der Waals surface area contributed by atoms with Gasteiger partial charge in [0.25, 0.3) is 0 Å². The summed E-state index contributed by atoms with van der Waals surface area (Å²) in [6.45, 7) is 2.84. The molecular formula is C10H19N5. The summed E-state index contributed by atoms with van der Waals surface area (Å²) < 4.78 is 2.00. The molecule has 0 saturated carbocycles. The molecule has 5 nitrogen and oxygen atoms in total. The molecule has 0 aliphatic rings. The summed E-state index contributed by atoms with van der Waals surface area (Å²) in [6, 6.07) is 0.263. The number of nitrogens with one attached hydrogen (secondary N) is 1. The minimum atomic E-state index is 0.231. The Morgan fingerprint density at radius 3 is 2.87 bits per heavy atom. The first kappa shape index (κ1) is 11.7. The summed E-state index contributed by atoms with van der Waals surface area (Å²) in [6.07, 6.45) is 4.32. The Morgan fingerprint density at radius 1 is 1.73 bits per heavy atom. The Bertz CT molecular complexity index is 330. The Balaban J connectivity index is 2.52. The van der Waals surface area contributed by atoms with Crippen LogP contribution in [-0.2, 0) is 13.6 Å². The van der Waals surface area contributed by atoms with Crippen molar-refractivity contribution in [2.75, 3.05) is 7.05 Å². The second-order valence-corrected chi connectivity index (χ2v) is 3.95. The van der Waals surface area contributed by atoms with Crippen molar-refractivity contribution in [2.24, 2.45) is 12.8 Å². The number of amidine groups is 1. The molecule has 0 spiro atoms. The molecule has 0 amide bonds. The largest absolute Gasteiger partial charge is 0.388 e. The van der Waals surface area contributed by atoms with E-state index in [1.807, 2.05) is 24.9 Å². The van der Waals surface area contributed by atoms with Crippen LogP contribution >= 0.6 is 0 Å². The number of aromatic nitrogens is 2. The van der Waals surface area contributed by atoms with Crippen molar-refractivity contribution in [3.8, 4) is 0 Å². The number of nitrogens with zero attached hydrogens (tertiary/aromatic N) is 3. The molecule has 84 valence electrons. The van der Waals surface area contributed by atoms with Gasteiger partial charge in [0.05, 0.1) is 12.4 Å². The predicted molar refractivity (Wildman–Crippen MR) is 60.7 cm³/mol. The Kier molecular flexibility index (Phi) is 3.85. The van der Waals surface area contributed by atoms with Crippen molar-refractivity contribution in [2.45, 2.75) is 25.9 Å². The number of imidazole rings is 1. The van der Waals surface area contributed by atoms with E-state index in [-0.39, 0.29) is 11.9 Å². The molecule has 1 rings (SSSR count). The number of nitrogens with two attached hydrogens (primary N) is 1. The molecule has 1 heterocycles. The van der Waals surface area contributed by atoms with Crippen LogP contribution in [0.5, 0.6) is 0 Å². The maximum absolute atomic E-state index is 7.24. The summed E-state index contributed by atoms with van der Waals surface area (Å²) >= 11 is 0. The fourth-order valence-electron chi connectivity index (χ4n) is 1.40. The van der Waals surface area contributed by atoms with E-state index < -0.39 is 0 Å². The van der Waals surface area contributed by atoms with Crippen molar-refractivity contribution in [1.29, 1.82) is 5.41 Å². The predicted octanol–water partition coefficient (Wildman–Crippen LogP) is 0.566. The van der Waals surface area contributed by atoms with Gasteiger partial charge in [-0.25, -0.2) is 4.98 Å². The van der Waals surface area contributed by atoms with E-state index >= 15 is 0 Å². The molecule has 0 radical (unpaired) electrons. The second-order valence-electron chi connectivity index (χ2n) is 3.95. The van der Waals surface area contributed by atoms with Crippen molar-refractivity contribution in [3.63, 3.8) is 0 Å².